The van der Waals surface area contributed by atoms with Crippen LogP contribution in [0, 0.1) is 18.3 Å². The molecule has 2 aromatic heterocycles. The highest BCUT2D eigenvalue weighted by Crippen LogP contribution is 2.29. The van der Waals surface area contributed by atoms with E-state index in [1.54, 1.807) is 24.7 Å². The van der Waals surface area contributed by atoms with E-state index in [1.807, 2.05) is 19.1 Å². The van der Waals surface area contributed by atoms with Crippen LogP contribution in [0.25, 0.3) is 0 Å². The van der Waals surface area contributed by atoms with Crippen molar-refractivity contribution in [2.24, 2.45) is 0 Å². The number of aromatic nitrogens is 2. The van der Waals surface area contributed by atoms with Crippen molar-refractivity contribution in [2.45, 2.75) is 16.7 Å². The minimum absolute atomic E-state index is 0.648. The van der Waals surface area contributed by atoms with Gasteiger partial charge in [-0.15, -0.1) is 0 Å². The first-order valence-corrected chi connectivity index (χ1v) is 5.56. The minimum Gasteiger partial charge on any atom is -0.263 e. The van der Waals surface area contributed by atoms with Crippen molar-refractivity contribution in [3.8, 4) is 6.07 Å². The Kier molecular flexibility index (Phi) is 3.18. The van der Waals surface area contributed by atoms with Gasteiger partial charge in [0.2, 0.25) is 0 Å². The summed E-state index contributed by atoms with van der Waals surface area (Å²) in [5, 5.41) is 8.95. The SMILES string of the molecule is Cc1cc(Sc2cnccc2C#N)ccn1. The molecule has 3 nitrogen and oxygen atoms in total. The summed E-state index contributed by atoms with van der Waals surface area (Å²) >= 11 is 1.53. The van der Waals surface area contributed by atoms with E-state index in [2.05, 4.69) is 16.0 Å². The number of aryl methyl sites for hydroxylation is 1. The van der Waals surface area contributed by atoms with E-state index in [4.69, 9.17) is 5.26 Å². The fraction of sp³-hybridized carbons (Fsp3) is 0.0833. The zero-order valence-corrected chi connectivity index (χ0v) is 9.53. The second kappa shape index (κ2) is 4.77. The van der Waals surface area contributed by atoms with Crippen LogP contribution in [-0.2, 0) is 0 Å². The van der Waals surface area contributed by atoms with Crippen LogP contribution in [0.15, 0.2) is 46.6 Å². The fourth-order valence-corrected chi connectivity index (χ4v) is 2.21. The molecule has 0 aliphatic rings. The summed E-state index contributed by atoms with van der Waals surface area (Å²) in [5.74, 6) is 0. The molecular weight excluding hydrogens is 218 g/mol. The molecule has 0 N–H and O–H groups in total. The maximum absolute atomic E-state index is 8.95. The molecule has 2 heterocycles. The van der Waals surface area contributed by atoms with E-state index in [0.29, 0.717) is 5.56 Å². The Bertz CT molecular complexity index is 546. The summed E-state index contributed by atoms with van der Waals surface area (Å²) in [5.41, 5.74) is 1.61. The number of nitrogens with zero attached hydrogens (tertiary/aromatic N) is 3. The summed E-state index contributed by atoms with van der Waals surface area (Å²) in [6.45, 7) is 1.94. The molecule has 0 radical (unpaired) electrons. The average molecular weight is 227 g/mol. The first kappa shape index (κ1) is 10.7. The molecule has 0 aliphatic carbocycles. The van der Waals surface area contributed by atoms with Gasteiger partial charge in [0.05, 0.1) is 5.56 Å². The third-order valence-electron chi connectivity index (χ3n) is 2.00. The Morgan fingerprint density at radius 3 is 2.94 bits per heavy atom. The van der Waals surface area contributed by atoms with Crippen molar-refractivity contribution in [2.75, 3.05) is 0 Å². The first-order valence-electron chi connectivity index (χ1n) is 4.74. The molecule has 0 unspecified atom stereocenters. The van der Waals surface area contributed by atoms with E-state index < -0.39 is 0 Å². The van der Waals surface area contributed by atoms with Crippen LogP contribution in [0.4, 0.5) is 0 Å². The van der Waals surface area contributed by atoms with Crippen molar-refractivity contribution in [3.05, 3.63) is 48.0 Å². The van der Waals surface area contributed by atoms with Gasteiger partial charge in [0.15, 0.2) is 0 Å². The monoisotopic (exact) mass is 227 g/mol. The predicted molar refractivity (Wildman–Crippen MR) is 62.0 cm³/mol. The molecule has 0 atom stereocenters. The molecule has 2 aromatic rings. The van der Waals surface area contributed by atoms with Crippen molar-refractivity contribution in [3.63, 3.8) is 0 Å². The molecule has 78 valence electrons. The molecule has 0 bridgehead atoms. The van der Waals surface area contributed by atoms with E-state index in [1.165, 1.54) is 11.8 Å². The van der Waals surface area contributed by atoms with Crippen molar-refractivity contribution in [1.29, 1.82) is 5.26 Å². The van der Waals surface area contributed by atoms with Gasteiger partial charge < -0.3 is 0 Å². The standard InChI is InChI=1S/C12H9N3S/c1-9-6-11(3-5-15-9)16-12-8-14-4-2-10(12)7-13/h2-6,8H,1H3. The van der Waals surface area contributed by atoms with E-state index in [9.17, 15) is 0 Å². The molecule has 0 aliphatic heterocycles. The van der Waals surface area contributed by atoms with Gasteiger partial charge in [0, 0.05) is 34.1 Å². The van der Waals surface area contributed by atoms with E-state index in [-0.39, 0.29) is 0 Å². The number of hydrogen-bond acceptors (Lipinski definition) is 4. The Labute approximate surface area is 98.2 Å². The molecular formula is C12H9N3S. The second-order valence-electron chi connectivity index (χ2n) is 3.22. The largest absolute Gasteiger partial charge is 0.263 e. The van der Waals surface area contributed by atoms with Gasteiger partial charge in [-0.05, 0) is 25.1 Å². The number of nitriles is 1. The smallest absolute Gasteiger partial charge is 0.100 e. The average Bonchev–Trinajstić information content (AvgIpc) is 2.30. The zero-order valence-electron chi connectivity index (χ0n) is 8.71. The van der Waals surface area contributed by atoms with Crippen molar-refractivity contribution in [1.82, 2.24) is 9.97 Å². The van der Waals surface area contributed by atoms with Gasteiger partial charge >= 0.3 is 0 Å². The van der Waals surface area contributed by atoms with Crippen LogP contribution >= 0.6 is 11.8 Å². The number of pyridine rings is 2. The molecule has 4 heteroatoms. The van der Waals surface area contributed by atoms with Gasteiger partial charge in [-0.3, -0.25) is 9.97 Å². The topological polar surface area (TPSA) is 49.6 Å². The lowest BCUT2D eigenvalue weighted by Gasteiger charge is -2.03. The lowest BCUT2D eigenvalue weighted by molar-refractivity contribution is 1.15. The zero-order chi connectivity index (χ0) is 11.4. The van der Waals surface area contributed by atoms with Crippen LogP contribution < -0.4 is 0 Å². The quantitative estimate of drug-likeness (QED) is 0.791. The first-order chi connectivity index (χ1) is 7.79. The van der Waals surface area contributed by atoms with Crippen LogP contribution in [0.2, 0.25) is 0 Å². The van der Waals surface area contributed by atoms with Crippen LogP contribution in [0.3, 0.4) is 0 Å². The van der Waals surface area contributed by atoms with Crippen LogP contribution in [-0.4, -0.2) is 9.97 Å². The maximum Gasteiger partial charge on any atom is 0.100 e. The van der Waals surface area contributed by atoms with Crippen molar-refractivity contribution < 1.29 is 0 Å². The predicted octanol–water partition coefficient (Wildman–Crippen LogP) is 2.81. The summed E-state index contributed by atoms with van der Waals surface area (Å²) in [6.07, 6.45) is 5.10. The third kappa shape index (κ3) is 2.38. The van der Waals surface area contributed by atoms with Gasteiger partial charge in [-0.1, -0.05) is 11.8 Å². The lowest BCUT2D eigenvalue weighted by atomic mass is 10.3. The summed E-state index contributed by atoms with van der Waals surface area (Å²) < 4.78 is 0. The van der Waals surface area contributed by atoms with Crippen molar-refractivity contribution >= 4 is 11.8 Å². The molecule has 0 amide bonds. The van der Waals surface area contributed by atoms with Gasteiger partial charge in [0.1, 0.15) is 6.07 Å². The Morgan fingerprint density at radius 1 is 1.31 bits per heavy atom. The highest BCUT2D eigenvalue weighted by Gasteiger charge is 2.03. The summed E-state index contributed by atoms with van der Waals surface area (Å²) in [7, 11) is 0. The molecule has 0 saturated heterocycles. The maximum atomic E-state index is 8.95. The highest BCUT2D eigenvalue weighted by molar-refractivity contribution is 7.99. The minimum atomic E-state index is 0.648. The molecule has 16 heavy (non-hydrogen) atoms. The normalized spacial score (nSPS) is 9.75. The summed E-state index contributed by atoms with van der Waals surface area (Å²) in [4.78, 5) is 10.1. The number of rotatable bonds is 2. The van der Waals surface area contributed by atoms with Gasteiger partial charge in [-0.2, -0.15) is 5.26 Å². The molecule has 2 rings (SSSR count). The molecule has 0 saturated carbocycles. The second-order valence-corrected chi connectivity index (χ2v) is 4.33. The van der Waals surface area contributed by atoms with E-state index >= 15 is 0 Å². The van der Waals surface area contributed by atoms with E-state index in [0.717, 1.165) is 15.5 Å². The lowest BCUT2D eigenvalue weighted by Crippen LogP contribution is -1.84. The molecule has 0 fully saturated rings. The Hall–Kier alpha value is -1.86. The molecule has 0 aromatic carbocycles. The van der Waals surface area contributed by atoms with Gasteiger partial charge in [0.25, 0.3) is 0 Å². The Balaban J connectivity index is 2.31. The number of hydrogen-bond donors (Lipinski definition) is 0. The highest BCUT2D eigenvalue weighted by atomic mass is 32.2. The Morgan fingerprint density at radius 2 is 2.19 bits per heavy atom. The van der Waals surface area contributed by atoms with Crippen LogP contribution in [0.5, 0.6) is 0 Å². The molecule has 0 spiro atoms. The summed E-state index contributed by atoms with van der Waals surface area (Å²) in [6, 6.07) is 7.78. The van der Waals surface area contributed by atoms with Crippen LogP contribution in [0.1, 0.15) is 11.3 Å². The van der Waals surface area contributed by atoms with Gasteiger partial charge in [-0.25, -0.2) is 0 Å². The third-order valence-corrected chi connectivity index (χ3v) is 3.04. The fourth-order valence-electron chi connectivity index (χ4n) is 1.26.